The number of carbonyl (C=O) groups is 1. The summed E-state index contributed by atoms with van der Waals surface area (Å²) in [6.45, 7) is 8.75. The Morgan fingerprint density at radius 2 is 2.11 bits per heavy atom. The minimum atomic E-state index is -0.200. The highest BCUT2D eigenvalue weighted by Crippen LogP contribution is 2.18. The van der Waals surface area contributed by atoms with Gasteiger partial charge in [-0.05, 0) is 46.6 Å². The molecule has 0 radical (unpaired) electrons. The Labute approximate surface area is 116 Å². The minimum absolute atomic E-state index is 0.108. The van der Waals surface area contributed by atoms with Crippen molar-refractivity contribution in [1.82, 2.24) is 15.5 Å². The number of amides is 2. The molecule has 0 aromatic carbocycles. The summed E-state index contributed by atoms with van der Waals surface area (Å²) < 4.78 is 0. The van der Waals surface area contributed by atoms with Gasteiger partial charge < -0.3 is 15.7 Å². The maximum atomic E-state index is 11.6. The fraction of sp³-hybridized carbons (Fsp3) is 0.929. The second-order valence-electron chi connectivity index (χ2n) is 6.33. The number of carbonyl (C=O) groups excluding carboxylic acids is 1. The Morgan fingerprint density at radius 1 is 1.37 bits per heavy atom. The van der Waals surface area contributed by atoms with Crippen LogP contribution in [0.15, 0.2) is 0 Å². The van der Waals surface area contributed by atoms with E-state index in [9.17, 15) is 4.79 Å². The molecule has 1 saturated heterocycles. The molecule has 1 heterocycles. The molecule has 2 amide bonds. The van der Waals surface area contributed by atoms with Crippen LogP contribution in [0.25, 0.3) is 0 Å². The van der Waals surface area contributed by atoms with E-state index in [2.05, 4.69) is 15.5 Å². The Hall–Kier alpha value is -0.810. The van der Waals surface area contributed by atoms with Crippen molar-refractivity contribution in [2.24, 2.45) is 0 Å². The summed E-state index contributed by atoms with van der Waals surface area (Å²) in [4.78, 5) is 14.0. The maximum Gasteiger partial charge on any atom is 0.315 e. The Bertz CT molecular complexity index is 274. The standard InChI is InChI=1S/C14H29N3O2/c1-14(2,3)16-13(19)15-8-10-17-9-5-4-6-12(17)7-11-18/h12,18H,4-11H2,1-3H3,(H2,15,16,19). The molecule has 5 heteroatoms. The van der Waals surface area contributed by atoms with Gasteiger partial charge in [-0.2, -0.15) is 0 Å². The van der Waals surface area contributed by atoms with Gasteiger partial charge in [0.2, 0.25) is 0 Å². The third-order valence-corrected chi connectivity index (χ3v) is 3.38. The third-order valence-electron chi connectivity index (χ3n) is 3.38. The van der Waals surface area contributed by atoms with Crippen molar-refractivity contribution in [3.63, 3.8) is 0 Å². The molecule has 0 saturated carbocycles. The van der Waals surface area contributed by atoms with E-state index in [1.165, 1.54) is 12.8 Å². The lowest BCUT2D eigenvalue weighted by Gasteiger charge is -2.35. The van der Waals surface area contributed by atoms with Crippen LogP contribution in [0, 0.1) is 0 Å². The number of rotatable bonds is 5. The van der Waals surface area contributed by atoms with Crippen molar-refractivity contribution < 1.29 is 9.90 Å². The van der Waals surface area contributed by atoms with Crippen LogP contribution in [0.3, 0.4) is 0 Å². The van der Waals surface area contributed by atoms with E-state index in [-0.39, 0.29) is 18.2 Å². The van der Waals surface area contributed by atoms with Crippen molar-refractivity contribution in [1.29, 1.82) is 0 Å². The van der Waals surface area contributed by atoms with E-state index in [1.54, 1.807) is 0 Å². The molecule has 0 aliphatic carbocycles. The number of piperidine rings is 1. The summed E-state index contributed by atoms with van der Waals surface area (Å²) in [5.41, 5.74) is -0.200. The lowest BCUT2D eigenvalue weighted by molar-refractivity contribution is 0.120. The van der Waals surface area contributed by atoms with Crippen molar-refractivity contribution >= 4 is 6.03 Å². The lowest BCUT2D eigenvalue weighted by atomic mass is 10.00. The van der Waals surface area contributed by atoms with Gasteiger partial charge in [-0.3, -0.25) is 4.90 Å². The zero-order valence-electron chi connectivity index (χ0n) is 12.5. The summed E-state index contributed by atoms with van der Waals surface area (Å²) >= 11 is 0. The van der Waals surface area contributed by atoms with E-state index in [0.717, 1.165) is 25.9 Å². The normalized spacial score (nSPS) is 21.2. The van der Waals surface area contributed by atoms with E-state index in [4.69, 9.17) is 5.11 Å². The molecule has 1 fully saturated rings. The topological polar surface area (TPSA) is 64.6 Å². The SMILES string of the molecule is CC(C)(C)NC(=O)NCCN1CCCCC1CCO. The molecule has 3 N–H and O–H groups in total. The average Bonchev–Trinajstić information content (AvgIpc) is 2.29. The fourth-order valence-corrected chi connectivity index (χ4v) is 2.53. The number of hydrogen-bond donors (Lipinski definition) is 3. The van der Waals surface area contributed by atoms with Crippen LogP contribution in [0.4, 0.5) is 4.79 Å². The zero-order valence-corrected chi connectivity index (χ0v) is 12.5. The van der Waals surface area contributed by atoms with E-state index >= 15 is 0 Å². The summed E-state index contributed by atoms with van der Waals surface area (Å²) in [7, 11) is 0. The van der Waals surface area contributed by atoms with Crippen LogP contribution >= 0.6 is 0 Å². The van der Waals surface area contributed by atoms with Crippen molar-refractivity contribution in [3.05, 3.63) is 0 Å². The first-order valence-corrected chi connectivity index (χ1v) is 7.33. The Kier molecular flexibility index (Phi) is 6.58. The molecule has 0 bridgehead atoms. The van der Waals surface area contributed by atoms with E-state index < -0.39 is 0 Å². The van der Waals surface area contributed by atoms with Crippen molar-refractivity contribution in [2.75, 3.05) is 26.2 Å². The summed E-state index contributed by atoms with van der Waals surface area (Å²) in [5.74, 6) is 0. The van der Waals surface area contributed by atoms with Crippen molar-refractivity contribution in [2.45, 2.75) is 58.0 Å². The highest BCUT2D eigenvalue weighted by Gasteiger charge is 2.21. The second-order valence-corrected chi connectivity index (χ2v) is 6.33. The number of nitrogens with one attached hydrogen (secondary N) is 2. The predicted molar refractivity (Wildman–Crippen MR) is 77.2 cm³/mol. The van der Waals surface area contributed by atoms with Gasteiger partial charge in [0.1, 0.15) is 0 Å². The lowest BCUT2D eigenvalue weighted by Crippen LogP contribution is -2.49. The monoisotopic (exact) mass is 271 g/mol. The molecule has 0 aromatic rings. The molecule has 1 unspecified atom stereocenters. The largest absolute Gasteiger partial charge is 0.396 e. The molecule has 1 aliphatic heterocycles. The summed E-state index contributed by atoms with van der Waals surface area (Å²) in [6, 6.07) is 0.370. The number of urea groups is 1. The van der Waals surface area contributed by atoms with Gasteiger partial charge >= 0.3 is 6.03 Å². The van der Waals surface area contributed by atoms with E-state index in [0.29, 0.717) is 12.6 Å². The minimum Gasteiger partial charge on any atom is -0.396 e. The first kappa shape index (κ1) is 16.2. The van der Waals surface area contributed by atoms with Crippen LogP contribution in [0.2, 0.25) is 0 Å². The van der Waals surface area contributed by atoms with Gasteiger partial charge in [0.05, 0.1) is 0 Å². The fourth-order valence-electron chi connectivity index (χ4n) is 2.53. The molecule has 1 aliphatic rings. The predicted octanol–water partition coefficient (Wildman–Crippen LogP) is 1.32. The average molecular weight is 271 g/mol. The summed E-state index contributed by atoms with van der Waals surface area (Å²) in [5, 5.41) is 14.9. The first-order valence-electron chi connectivity index (χ1n) is 7.33. The van der Waals surface area contributed by atoms with Crippen LogP contribution in [-0.2, 0) is 0 Å². The third kappa shape index (κ3) is 6.78. The van der Waals surface area contributed by atoms with Gasteiger partial charge in [0.15, 0.2) is 0 Å². The highest BCUT2D eigenvalue weighted by atomic mass is 16.3. The maximum absolute atomic E-state index is 11.6. The smallest absolute Gasteiger partial charge is 0.315 e. The molecule has 5 nitrogen and oxygen atoms in total. The Balaban J connectivity index is 2.25. The van der Waals surface area contributed by atoms with Gasteiger partial charge in [0, 0.05) is 31.3 Å². The van der Waals surface area contributed by atoms with Crippen LogP contribution < -0.4 is 10.6 Å². The molecular weight excluding hydrogens is 242 g/mol. The number of aliphatic hydroxyl groups excluding tert-OH is 1. The van der Waals surface area contributed by atoms with Gasteiger partial charge in [-0.1, -0.05) is 6.42 Å². The number of nitrogens with zero attached hydrogens (tertiary/aromatic N) is 1. The molecule has 1 rings (SSSR count). The van der Waals surface area contributed by atoms with Gasteiger partial charge in [-0.15, -0.1) is 0 Å². The van der Waals surface area contributed by atoms with Gasteiger partial charge in [-0.25, -0.2) is 4.79 Å². The van der Waals surface area contributed by atoms with Crippen LogP contribution in [-0.4, -0.2) is 53.9 Å². The van der Waals surface area contributed by atoms with E-state index in [1.807, 2.05) is 20.8 Å². The molecule has 19 heavy (non-hydrogen) atoms. The van der Waals surface area contributed by atoms with Crippen LogP contribution in [0.5, 0.6) is 0 Å². The molecule has 112 valence electrons. The number of likely N-dealkylation sites (tertiary alicyclic amines) is 1. The van der Waals surface area contributed by atoms with Gasteiger partial charge in [0.25, 0.3) is 0 Å². The second kappa shape index (κ2) is 7.70. The highest BCUT2D eigenvalue weighted by molar-refractivity contribution is 5.74. The Morgan fingerprint density at radius 3 is 2.74 bits per heavy atom. The number of hydrogen-bond acceptors (Lipinski definition) is 3. The van der Waals surface area contributed by atoms with Crippen LogP contribution in [0.1, 0.15) is 46.5 Å². The first-order chi connectivity index (χ1) is 8.92. The number of aliphatic hydroxyl groups is 1. The molecule has 0 spiro atoms. The molecular formula is C14H29N3O2. The summed E-state index contributed by atoms with van der Waals surface area (Å²) in [6.07, 6.45) is 4.47. The van der Waals surface area contributed by atoms with Crippen molar-refractivity contribution in [3.8, 4) is 0 Å². The quantitative estimate of drug-likeness (QED) is 0.706. The zero-order chi connectivity index (χ0) is 14.3. The molecule has 1 atom stereocenters. The molecule has 0 aromatic heterocycles.